The molecule has 0 aromatic heterocycles. The molecule has 0 saturated carbocycles. The third-order valence-corrected chi connectivity index (χ3v) is 2.52. The van der Waals surface area contributed by atoms with Gasteiger partial charge in [0.2, 0.25) is 0 Å². The van der Waals surface area contributed by atoms with Gasteiger partial charge in [0.25, 0.3) is 0 Å². The molecule has 0 radical (unpaired) electrons. The van der Waals surface area contributed by atoms with Gasteiger partial charge in [-0.2, -0.15) is 0 Å². The summed E-state index contributed by atoms with van der Waals surface area (Å²) in [6.45, 7) is 7.16. The number of hydrogen-bond acceptors (Lipinski definition) is 4. The van der Waals surface area contributed by atoms with E-state index in [0.29, 0.717) is 12.4 Å². The van der Waals surface area contributed by atoms with Gasteiger partial charge in [0.05, 0.1) is 6.61 Å². The Morgan fingerprint density at radius 3 is 2.21 bits per heavy atom. The fraction of sp³-hybridized carbons (Fsp3) is 0.467. The lowest BCUT2D eigenvalue weighted by atomic mass is 9.94. The standard InChI is InChI=1S/C15H20O4/c1-11(2)10-18-13(16)15(3,4)14(17)19-12-8-6-5-7-9-12/h5-9,11H,10H2,1-4H3. The highest BCUT2D eigenvalue weighted by atomic mass is 16.6. The third kappa shape index (κ3) is 4.39. The van der Waals surface area contributed by atoms with Gasteiger partial charge in [-0.1, -0.05) is 32.0 Å². The highest BCUT2D eigenvalue weighted by Gasteiger charge is 2.39. The summed E-state index contributed by atoms with van der Waals surface area (Å²) >= 11 is 0. The molecule has 0 aliphatic carbocycles. The first-order valence-corrected chi connectivity index (χ1v) is 6.28. The molecule has 1 aromatic carbocycles. The SMILES string of the molecule is CC(C)COC(=O)C(C)(C)C(=O)Oc1ccccc1. The summed E-state index contributed by atoms with van der Waals surface area (Å²) in [6, 6.07) is 8.65. The molecule has 0 saturated heterocycles. The van der Waals surface area contributed by atoms with Crippen LogP contribution in [0.1, 0.15) is 27.7 Å². The second-order valence-corrected chi connectivity index (χ2v) is 5.32. The van der Waals surface area contributed by atoms with Gasteiger partial charge in [-0.15, -0.1) is 0 Å². The van der Waals surface area contributed by atoms with E-state index in [1.165, 1.54) is 13.8 Å². The van der Waals surface area contributed by atoms with Crippen LogP contribution >= 0.6 is 0 Å². The van der Waals surface area contributed by atoms with Crippen LogP contribution in [0.15, 0.2) is 30.3 Å². The Balaban J connectivity index is 2.65. The molecule has 0 spiro atoms. The van der Waals surface area contributed by atoms with Crippen LogP contribution in [0.3, 0.4) is 0 Å². The van der Waals surface area contributed by atoms with Gasteiger partial charge in [0.1, 0.15) is 5.75 Å². The number of rotatable bonds is 5. The van der Waals surface area contributed by atoms with Gasteiger partial charge in [0.15, 0.2) is 5.41 Å². The summed E-state index contributed by atoms with van der Waals surface area (Å²) in [5, 5.41) is 0. The summed E-state index contributed by atoms with van der Waals surface area (Å²) < 4.78 is 10.3. The van der Waals surface area contributed by atoms with E-state index >= 15 is 0 Å². The van der Waals surface area contributed by atoms with Crippen molar-refractivity contribution in [1.82, 2.24) is 0 Å². The molecule has 0 bridgehead atoms. The summed E-state index contributed by atoms with van der Waals surface area (Å²) in [5.41, 5.74) is -1.31. The fourth-order valence-corrected chi connectivity index (χ4v) is 1.23. The fourth-order valence-electron chi connectivity index (χ4n) is 1.23. The lowest BCUT2D eigenvalue weighted by Gasteiger charge is -2.21. The zero-order chi connectivity index (χ0) is 14.5. The Hall–Kier alpha value is -1.84. The first kappa shape index (κ1) is 15.2. The van der Waals surface area contributed by atoms with Crippen molar-refractivity contribution in [2.75, 3.05) is 6.61 Å². The van der Waals surface area contributed by atoms with E-state index < -0.39 is 17.4 Å². The quantitative estimate of drug-likeness (QED) is 0.466. The topological polar surface area (TPSA) is 52.6 Å². The van der Waals surface area contributed by atoms with Crippen molar-refractivity contribution in [3.05, 3.63) is 30.3 Å². The van der Waals surface area contributed by atoms with Gasteiger partial charge in [-0.25, -0.2) is 0 Å². The predicted octanol–water partition coefficient (Wildman–Crippen LogP) is 2.82. The summed E-state index contributed by atoms with van der Waals surface area (Å²) in [4.78, 5) is 23.9. The smallest absolute Gasteiger partial charge is 0.328 e. The van der Waals surface area contributed by atoms with Gasteiger partial charge in [-0.3, -0.25) is 9.59 Å². The van der Waals surface area contributed by atoms with E-state index in [1.54, 1.807) is 24.3 Å². The number of para-hydroxylation sites is 1. The van der Waals surface area contributed by atoms with Crippen LogP contribution in [0.25, 0.3) is 0 Å². The van der Waals surface area contributed by atoms with E-state index in [4.69, 9.17) is 9.47 Å². The van der Waals surface area contributed by atoms with Crippen molar-refractivity contribution in [3.8, 4) is 5.75 Å². The van der Waals surface area contributed by atoms with Crippen LogP contribution in [0.5, 0.6) is 5.75 Å². The van der Waals surface area contributed by atoms with Crippen LogP contribution in [-0.2, 0) is 14.3 Å². The maximum Gasteiger partial charge on any atom is 0.328 e. The minimum absolute atomic E-state index is 0.227. The van der Waals surface area contributed by atoms with Gasteiger partial charge in [-0.05, 0) is 31.9 Å². The second-order valence-electron chi connectivity index (χ2n) is 5.32. The van der Waals surface area contributed by atoms with Crippen LogP contribution in [0.2, 0.25) is 0 Å². The van der Waals surface area contributed by atoms with Crippen LogP contribution < -0.4 is 4.74 Å². The molecular weight excluding hydrogens is 244 g/mol. The van der Waals surface area contributed by atoms with Crippen molar-refractivity contribution in [2.45, 2.75) is 27.7 Å². The molecule has 0 N–H and O–H groups in total. The minimum Gasteiger partial charge on any atom is -0.465 e. The molecule has 1 rings (SSSR count). The lowest BCUT2D eigenvalue weighted by Crippen LogP contribution is -2.38. The van der Waals surface area contributed by atoms with Crippen LogP contribution in [0, 0.1) is 11.3 Å². The molecule has 1 aromatic rings. The first-order valence-electron chi connectivity index (χ1n) is 6.28. The largest absolute Gasteiger partial charge is 0.465 e. The van der Waals surface area contributed by atoms with E-state index in [0.717, 1.165) is 0 Å². The Kier molecular flexibility index (Phi) is 5.10. The maximum atomic E-state index is 12.0. The van der Waals surface area contributed by atoms with Gasteiger partial charge in [0, 0.05) is 0 Å². The Morgan fingerprint density at radius 2 is 1.68 bits per heavy atom. The molecule has 0 unspecified atom stereocenters. The normalized spacial score (nSPS) is 11.2. The Bertz CT molecular complexity index is 435. The Labute approximate surface area is 113 Å². The molecule has 19 heavy (non-hydrogen) atoms. The second kappa shape index (κ2) is 6.36. The van der Waals surface area contributed by atoms with Crippen molar-refractivity contribution in [2.24, 2.45) is 11.3 Å². The van der Waals surface area contributed by atoms with Crippen LogP contribution in [-0.4, -0.2) is 18.5 Å². The summed E-state index contributed by atoms with van der Waals surface area (Å²) in [6.07, 6.45) is 0. The number of hydrogen-bond donors (Lipinski definition) is 0. The summed E-state index contributed by atoms with van der Waals surface area (Å²) in [5.74, 6) is -0.545. The molecule has 4 nitrogen and oxygen atoms in total. The zero-order valence-electron chi connectivity index (χ0n) is 11.8. The summed E-state index contributed by atoms with van der Waals surface area (Å²) in [7, 11) is 0. The molecule has 0 fully saturated rings. The molecule has 104 valence electrons. The molecule has 4 heteroatoms. The minimum atomic E-state index is -1.31. The van der Waals surface area contributed by atoms with Gasteiger partial charge >= 0.3 is 11.9 Å². The number of carbonyl (C=O) groups excluding carboxylic acids is 2. The van der Waals surface area contributed by atoms with E-state index in [1.807, 2.05) is 19.9 Å². The van der Waals surface area contributed by atoms with E-state index in [9.17, 15) is 9.59 Å². The molecular formula is C15H20O4. The highest BCUT2D eigenvalue weighted by molar-refractivity contribution is 5.99. The molecule has 0 atom stereocenters. The number of benzene rings is 1. The number of ether oxygens (including phenoxy) is 2. The lowest BCUT2D eigenvalue weighted by molar-refractivity contribution is -0.165. The van der Waals surface area contributed by atoms with Gasteiger partial charge < -0.3 is 9.47 Å². The molecule has 0 heterocycles. The van der Waals surface area contributed by atoms with Crippen molar-refractivity contribution >= 4 is 11.9 Å². The van der Waals surface area contributed by atoms with Crippen LogP contribution in [0.4, 0.5) is 0 Å². The average Bonchev–Trinajstić information content (AvgIpc) is 2.36. The molecule has 0 aliphatic rings. The number of esters is 2. The Morgan fingerprint density at radius 1 is 1.11 bits per heavy atom. The monoisotopic (exact) mass is 264 g/mol. The number of carbonyl (C=O) groups is 2. The average molecular weight is 264 g/mol. The van der Waals surface area contributed by atoms with E-state index in [-0.39, 0.29) is 5.92 Å². The predicted molar refractivity (Wildman–Crippen MR) is 71.7 cm³/mol. The van der Waals surface area contributed by atoms with Crippen molar-refractivity contribution in [3.63, 3.8) is 0 Å². The van der Waals surface area contributed by atoms with E-state index in [2.05, 4.69) is 0 Å². The first-order chi connectivity index (χ1) is 8.84. The highest BCUT2D eigenvalue weighted by Crippen LogP contribution is 2.22. The van der Waals surface area contributed by atoms with Crippen molar-refractivity contribution < 1.29 is 19.1 Å². The maximum absolute atomic E-state index is 12.0. The third-order valence-electron chi connectivity index (χ3n) is 2.52. The molecule has 0 aliphatic heterocycles. The zero-order valence-corrected chi connectivity index (χ0v) is 11.8. The van der Waals surface area contributed by atoms with Crippen molar-refractivity contribution in [1.29, 1.82) is 0 Å². The molecule has 0 amide bonds.